The van der Waals surface area contributed by atoms with Gasteiger partial charge >= 0.3 is 0 Å². The summed E-state index contributed by atoms with van der Waals surface area (Å²) in [4.78, 5) is 2.28. The molecule has 4 N–H and O–H groups in total. The number of amidine groups is 1. The zero-order chi connectivity index (χ0) is 11.4. The fourth-order valence-corrected chi connectivity index (χ4v) is 2.27. The van der Waals surface area contributed by atoms with Gasteiger partial charge in [0, 0.05) is 19.0 Å². The van der Waals surface area contributed by atoms with Crippen molar-refractivity contribution < 1.29 is 5.11 Å². The highest BCUT2D eigenvalue weighted by molar-refractivity contribution is 5.77. The van der Waals surface area contributed by atoms with E-state index in [0.717, 1.165) is 25.8 Å². The molecule has 1 saturated carbocycles. The molecule has 0 amide bonds. The Bertz CT molecular complexity index is 214. The van der Waals surface area contributed by atoms with Crippen molar-refractivity contribution in [3.8, 4) is 0 Å². The topological polar surface area (TPSA) is 73.3 Å². The Balaban J connectivity index is 2.29. The van der Waals surface area contributed by atoms with Gasteiger partial charge in [0.25, 0.3) is 0 Å². The third-order valence-corrected chi connectivity index (χ3v) is 3.31. The monoisotopic (exact) mass is 213 g/mol. The fourth-order valence-electron chi connectivity index (χ4n) is 2.27. The van der Waals surface area contributed by atoms with Crippen LogP contribution in [0, 0.1) is 11.3 Å². The van der Waals surface area contributed by atoms with Crippen LogP contribution < -0.4 is 5.73 Å². The molecule has 4 heteroatoms. The molecule has 0 saturated heterocycles. The van der Waals surface area contributed by atoms with E-state index < -0.39 is 0 Å². The maximum absolute atomic E-state index is 9.20. The lowest BCUT2D eigenvalue weighted by Gasteiger charge is -2.37. The smallest absolute Gasteiger partial charge is 0.0921 e. The van der Waals surface area contributed by atoms with E-state index in [1.807, 2.05) is 0 Å². The number of aliphatic hydroxyl groups excluding tert-OH is 1. The van der Waals surface area contributed by atoms with E-state index in [1.165, 1.54) is 0 Å². The zero-order valence-electron chi connectivity index (χ0n) is 9.74. The van der Waals surface area contributed by atoms with E-state index >= 15 is 0 Å². The Labute approximate surface area is 92.0 Å². The van der Waals surface area contributed by atoms with Crippen molar-refractivity contribution in [1.82, 2.24) is 4.90 Å². The SMILES string of the molecule is CCC(CC(=N)N)N(C)CC1CC(O)C1. The minimum Gasteiger partial charge on any atom is -0.393 e. The number of rotatable bonds is 6. The Morgan fingerprint density at radius 3 is 2.60 bits per heavy atom. The molecule has 0 aliphatic heterocycles. The molecule has 1 rings (SSSR count). The molecule has 88 valence electrons. The molecule has 15 heavy (non-hydrogen) atoms. The highest BCUT2D eigenvalue weighted by Crippen LogP contribution is 2.28. The molecule has 0 aromatic heterocycles. The van der Waals surface area contributed by atoms with E-state index in [9.17, 15) is 5.11 Å². The highest BCUT2D eigenvalue weighted by Gasteiger charge is 2.29. The van der Waals surface area contributed by atoms with Crippen LogP contribution in [0.15, 0.2) is 0 Å². The summed E-state index contributed by atoms with van der Waals surface area (Å²) in [5.41, 5.74) is 5.42. The van der Waals surface area contributed by atoms with Gasteiger partial charge in [0.05, 0.1) is 11.9 Å². The van der Waals surface area contributed by atoms with Gasteiger partial charge in [0.2, 0.25) is 0 Å². The second-order valence-electron chi connectivity index (χ2n) is 4.72. The lowest BCUT2D eigenvalue weighted by atomic mass is 9.82. The lowest BCUT2D eigenvalue weighted by Crippen LogP contribution is -2.42. The molecule has 1 fully saturated rings. The molecule has 0 aromatic carbocycles. The van der Waals surface area contributed by atoms with Gasteiger partial charge in [-0.2, -0.15) is 0 Å². The molecule has 0 spiro atoms. The van der Waals surface area contributed by atoms with Crippen molar-refractivity contribution in [3.05, 3.63) is 0 Å². The first-order valence-corrected chi connectivity index (χ1v) is 5.74. The van der Waals surface area contributed by atoms with E-state index in [0.29, 0.717) is 18.4 Å². The maximum Gasteiger partial charge on any atom is 0.0921 e. The van der Waals surface area contributed by atoms with Crippen molar-refractivity contribution in [2.75, 3.05) is 13.6 Å². The summed E-state index contributed by atoms with van der Waals surface area (Å²) < 4.78 is 0. The Kier molecular flexibility index (Phi) is 4.54. The van der Waals surface area contributed by atoms with Gasteiger partial charge in [0.1, 0.15) is 0 Å². The molecule has 0 aromatic rings. The van der Waals surface area contributed by atoms with E-state index in [2.05, 4.69) is 18.9 Å². The largest absolute Gasteiger partial charge is 0.393 e. The number of nitrogens with zero attached hydrogens (tertiary/aromatic N) is 1. The third-order valence-electron chi connectivity index (χ3n) is 3.31. The summed E-state index contributed by atoms with van der Waals surface area (Å²) >= 11 is 0. The molecular formula is C11H23N3O. The first kappa shape index (κ1) is 12.5. The van der Waals surface area contributed by atoms with Crippen LogP contribution in [0.25, 0.3) is 0 Å². The lowest BCUT2D eigenvalue weighted by molar-refractivity contribution is 0.0221. The van der Waals surface area contributed by atoms with Crippen molar-refractivity contribution in [2.45, 2.75) is 44.8 Å². The molecule has 4 nitrogen and oxygen atoms in total. The molecular weight excluding hydrogens is 190 g/mol. The minimum absolute atomic E-state index is 0.0729. The first-order chi connectivity index (χ1) is 7.02. The predicted octanol–water partition coefficient (Wildman–Crippen LogP) is 0.794. The van der Waals surface area contributed by atoms with E-state index in [1.54, 1.807) is 0 Å². The normalized spacial score (nSPS) is 27.5. The van der Waals surface area contributed by atoms with Crippen LogP contribution in [-0.2, 0) is 0 Å². The average molecular weight is 213 g/mol. The van der Waals surface area contributed by atoms with Gasteiger partial charge in [-0.05, 0) is 32.2 Å². The first-order valence-electron chi connectivity index (χ1n) is 5.74. The van der Waals surface area contributed by atoms with Gasteiger partial charge in [0.15, 0.2) is 0 Å². The molecule has 0 bridgehead atoms. The summed E-state index contributed by atoms with van der Waals surface area (Å²) in [7, 11) is 2.09. The van der Waals surface area contributed by atoms with Gasteiger partial charge in [-0.25, -0.2) is 0 Å². The van der Waals surface area contributed by atoms with Crippen LogP contribution in [0.5, 0.6) is 0 Å². The predicted molar refractivity (Wildman–Crippen MR) is 62.0 cm³/mol. The molecule has 1 aliphatic carbocycles. The fraction of sp³-hybridized carbons (Fsp3) is 0.909. The second kappa shape index (κ2) is 5.47. The standard InChI is InChI=1S/C11H23N3O/c1-3-9(6-11(12)13)14(2)7-8-4-10(15)5-8/h8-10,15H,3-7H2,1-2H3,(H3,12,13). The van der Waals surface area contributed by atoms with Gasteiger partial charge in [-0.1, -0.05) is 6.92 Å². The van der Waals surface area contributed by atoms with Crippen molar-refractivity contribution in [3.63, 3.8) is 0 Å². The van der Waals surface area contributed by atoms with Crippen LogP contribution >= 0.6 is 0 Å². The van der Waals surface area contributed by atoms with Gasteiger partial charge in [-0.3, -0.25) is 5.41 Å². The summed E-state index contributed by atoms with van der Waals surface area (Å²) in [6, 6.07) is 0.375. The Morgan fingerprint density at radius 2 is 2.20 bits per heavy atom. The molecule has 0 heterocycles. The van der Waals surface area contributed by atoms with E-state index in [4.69, 9.17) is 11.1 Å². The van der Waals surface area contributed by atoms with Crippen molar-refractivity contribution >= 4 is 5.84 Å². The third kappa shape index (κ3) is 3.80. The van der Waals surface area contributed by atoms with Crippen molar-refractivity contribution in [1.29, 1.82) is 5.41 Å². The van der Waals surface area contributed by atoms with Crippen LogP contribution in [0.4, 0.5) is 0 Å². The number of hydrogen-bond acceptors (Lipinski definition) is 3. The molecule has 1 aliphatic rings. The van der Waals surface area contributed by atoms with Gasteiger partial charge < -0.3 is 15.7 Å². The molecule has 1 unspecified atom stereocenters. The number of nitrogens with two attached hydrogens (primary N) is 1. The van der Waals surface area contributed by atoms with Crippen LogP contribution in [-0.4, -0.2) is 41.6 Å². The summed E-state index contributed by atoms with van der Waals surface area (Å²) in [6.07, 6.45) is 3.46. The van der Waals surface area contributed by atoms with Crippen LogP contribution in [0.3, 0.4) is 0 Å². The summed E-state index contributed by atoms with van der Waals surface area (Å²) in [6.45, 7) is 3.14. The maximum atomic E-state index is 9.20. The van der Waals surface area contributed by atoms with E-state index in [-0.39, 0.29) is 11.9 Å². The number of aliphatic hydroxyl groups is 1. The van der Waals surface area contributed by atoms with Crippen LogP contribution in [0.2, 0.25) is 0 Å². The average Bonchev–Trinajstić information content (AvgIpc) is 2.11. The molecule has 1 atom stereocenters. The highest BCUT2D eigenvalue weighted by atomic mass is 16.3. The quantitative estimate of drug-likeness (QED) is 0.451. The van der Waals surface area contributed by atoms with Crippen molar-refractivity contribution in [2.24, 2.45) is 11.7 Å². The zero-order valence-corrected chi connectivity index (χ0v) is 9.74. The number of hydrogen-bond donors (Lipinski definition) is 3. The van der Waals surface area contributed by atoms with Gasteiger partial charge in [-0.15, -0.1) is 0 Å². The molecule has 0 radical (unpaired) electrons. The second-order valence-corrected chi connectivity index (χ2v) is 4.72. The number of nitrogens with one attached hydrogen (secondary N) is 1. The summed E-state index contributed by atoms with van der Waals surface area (Å²) in [5, 5.41) is 16.5. The Hall–Kier alpha value is -0.610. The van der Waals surface area contributed by atoms with Crippen LogP contribution in [0.1, 0.15) is 32.6 Å². The minimum atomic E-state index is -0.0729. The summed E-state index contributed by atoms with van der Waals surface area (Å²) in [5.74, 6) is 0.897. The Morgan fingerprint density at radius 1 is 1.60 bits per heavy atom.